The molecule has 118 valence electrons. The van der Waals surface area contributed by atoms with Crippen molar-refractivity contribution in [2.75, 3.05) is 18.4 Å². The van der Waals surface area contributed by atoms with Gasteiger partial charge < -0.3 is 10.6 Å². The van der Waals surface area contributed by atoms with Crippen LogP contribution in [0.15, 0.2) is 47.1 Å². The largest absolute Gasteiger partial charge is 0.369 e. The van der Waals surface area contributed by atoms with E-state index in [0.29, 0.717) is 16.8 Å². The Morgan fingerprint density at radius 3 is 2.87 bits per heavy atom. The number of halogens is 1. The normalized spacial score (nSPS) is 10.7. The lowest BCUT2D eigenvalue weighted by Crippen LogP contribution is -2.26. The average Bonchev–Trinajstić information content (AvgIpc) is 2.98. The second-order valence-electron chi connectivity index (χ2n) is 4.91. The molecule has 0 atom stereocenters. The predicted octanol–water partition coefficient (Wildman–Crippen LogP) is 3.69. The lowest BCUT2D eigenvalue weighted by atomic mass is 10.2. The number of aromatic nitrogens is 2. The Hall–Kier alpha value is -1.99. The van der Waals surface area contributed by atoms with E-state index < -0.39 is 0 Å². The number of nitrogens with one attached hydrogen (secondary N) is 2. The standard InChI is InChI=1S/C16H15BrN4OS/c17-14-8-3-6-12(20-14)16(22)19-10-4-9-18-15-11-5-1-2-7-13(11)23-21-15/h1-3,5-8H,4,9-10H2,(H,18,21)(H,19,22). The van der Waals surface area contributed by atoms with Gasteiger partial charge in [0.1, 0.15) is 16.1 Å². The molecule has 1 aromatic carbocycles. The third-order valence-corrected chi connectivity index (χ3v) is 4.52. The molecule has 0 aliphatic heterocycles. The summed E-state index contributed by atoms with van der Waals surface area (Å²) >= 11 is 4.74. The minimum Gasteiger partial charge on any atom is -0.369 e. The summed E-state index contributed by atoms with van der Waals surface area (Å²) in [6.07, 6.45) is 0.811. The zero-order chi connectivity index (χ0) is 16.1. The zero-order valence-corrected chi connectivity index (χ0v) is 14.7. The van der Waals surface area contributed by atoms with Crippen LogP contribution in [0.2, 0.25) is 0 Å². The summed E-state index contributed by atoms with van der Waals surface area (Å²) in [5.41, 5.74) is 0.415. The van der Waals surface area contributed by atoms with Crippen LogP contribution in [0.4, 0.5) is 5.82 Å². The molecular weight excluding hydrogens is 376 g/mol. The number of fused-ring (bicyclic) bond motifs is 1. The van der Waals surface area contributed by atoms with Crippen LogP contribution in [0.5, 0.6) is 0 Å². The van der Waals surface area contributed by atoms with Gasteiger partial charge in [-0.1, -0.05) is 18.2 Å². The predicted molar refractivity (Wildman–Crippen MR) is 97.0 cm³/mol. The van der Waals surface area contributed by atoms with E-state index in [2.05, 4.69) is 48.1 Å². The van der Waals surface area contributed by atoms with Crippen LogP contribution >= 0.6 is 27.5 Å². The fraction of sp³-hybridized carbons (Fsp3) is 0.188. The lowest BCUT2D eigenvalue weighted by Gasteiger charge is -2.06. The molecule has 2 N–H and O–H groups in total. The van der Waals surface area contributed by atoms with Gasteiger partial charge in [0.25, 0.3) is 5.91 Å². The second-order valence-corrected chi connectivity index (χ2v) is 6.53. The van der Waals surface area contributed by atoms with E-state index >= 15 is 0 Å². The summed E-state index contributed by atoms with van der Waals surface area (Å²) in [6.45, 7) is 1.34. The summed E-state index contributed by atoms with van der Waals surface area (Å²) in [7, 11) is 0. The van der Waals surface area contributed by atoms with E-state index in [0.717, 1.165) is 24.2 Å². The van der Waals surface area contributed by atoms with Gasteiger partial charge in [0, 0.05) is 18.5 Å². The highest BCUT2D eigenvalue weighted by atomic mass is 79.9. The highest BCUT2D eigenvalue weighted by molar-refractivity contribution is 9.10. The number of nitrogens with zero attached hydrogens (tertiary/aromatic N) is 2. The Balaban J connectivity index is 1.44. The summed E-state index contributed by atoms with van der Waals surface area (Å²) in [5, 5.41) is 7.32. The molecule has 7 heteroatoms. The first-order valence-electron chi connectivity index (χ1n) is 7.23. The molecule has 0 aliphatic rings. The first kappa shape index (κ1) is 15.9. The Labute approximate surface area is 146 Å². The monoisotopic (exact) mass is 390 g/mol. The molecule has 5 nitrogen and oxygen atoms in total. The van der Waals surface area contributed by atoms with Crippen molar-refractivity contribution in [3.8, 4) is 0 Å². The van der Waals surface area contributed by atoms with E-state index in [1.54, 1.807) is 18.2 Å². The molecule has 2 aromatic heterocycles. The zero-order valence-electron chi connectivity index (χ0n) is 12.3. The minimum absolute atomic E-state index is 0.162. The van der Waals surface area contributed by atoms with Crippen LogP contribution in [-0.4, -0.2) is 28.4 Å². The Morgan fingerprint density at radius 1 is 1.13 bits per heavy atom. The van der Waals surface area contributed by atoms with Crippen LogP contribution in [0.3, 0.4) is 0 Å². The van der Waals surface area contributed by atoms with E-state index in [1.165, 1.54) is 16.2 Å². The summed E-state index contributed by atoms with van der Waals surface area (Å²) < 4.78 is 6.24. The number of hydrogen-bond donors (Lipinski definition) is 2. The van der Waals surface area contributed by atoms with Crippen LogP contribution in [0, 0.1) is 0 Å². The molecular formula is C16H15BrN4OS. The molecule has 1 amide bonds. The van der Waals surface area contributed by atoms with Crippen LogP contribution < -0.4 is 10.6 Å². The molecule has 0 spiro atoms. The maximum atomic E-state index is 11.9. The summed E-state index contributed by atoms with van der Waals surface area (Å²) in [6, 6.07) is 13.4. The number of anilines is 1. The van der Waals surface area contributed by atoms with Gasteiger partial charge in [-0.3, -0.25) is 4.79 Å². The Kier molecular flexibility index (Phi) is 5.19. The molecule has 0 aliphatic carbocycles. The number of hydrogen-bond acceptors (Lipinski definition) is 5. The topological polar surface area (TPSA) is 66.9 Å². The number of pyridine rings is 1. The van der Waals surface area contributed by atoms with Crippen LogP contribution in [0.25, 0.3) is 10.1 Å². The molecule has 0 saturated carbocycles. The van der Waals surface area contributed by atoms with Crippen LogP contribution in [-0.2, 0) is 0 Å². The van der Waals surface area contributed by atoms with E-state index in [9.17, 15) is 4.79 Å². The number of benzene rings is 1. The van der Waals surface area contributed by atoms with Crippen molar-refractivity contribution < 1.29 is 4.79 Å². The third-order valence-electron chi connectivity index (χ3n) is 3.26. The quantitative estimate of drug-likeness (QED) is 0.497. The van der Waals surface area contributed by atoms with Gasteiger partial charge in [-0.15, -0.1) is 0 Å². The molecule has 0 saturated heterocycles. The number of carbonyl (C=O) groups excluding carboxylic acids is 1. The van der Waals surface area contributed by atoms with Gasteiger partial charge in [-0.05, 0) is 58.1 Å². The number of amides is 1. The third kappa shape index (κ3) is 4.05. The van der Waals surface area contributed by atoms with Gasteiger partial charge in [0.2, 0.25) is 0 Å². The lowest BCUT2D eigenvalue weighted by molar-refractivity contribution is 0.0948. The van der Waals surface area contributed by atoms with Crippen molar-refractivity contribution in [1.29, 1.82) is 0 Å². The number of rotatable bonds is 6. The van der Waals surface area contributed by atoms with Gasteiger partial charge in [-0.25, -0.2) is 4.98 Å². The molecule has 0 fully saturated rings. The van der Waals surface area contributed by atoms with Crippen molar-refractivity contribution >= 4 is 49.3 Å². The van der Waals surface area contributed by atoms with E-state index in [4.69, 9.17) is 0 Å². The van der Waals surface area contributed by atoms with E-state index in [-0.39, 0.29) is 5.91 Å². The maximum Gasteiger partial charge on any atom is 0.269 e. The van der Waals surface area contributed by atoms with Crippen molar-refractivity contribution in [3.63, 3.8) is 0 Å². The van der Waals surface area contributed by atoms with Crippen molar-refractivity contribution in [3.05, 3.63) is 52.8 Å². The van der Waals surface area contributed by atoms with Gasteiger partial charge >= 0.3 is 0 Å². The van der Waals surface area contributed by atoms with Crippen molar-refractivity contribution in [2.45, 2.75) is 6.42 Å². The van der Waals surface area contributed by atoms with Crippen molar-refractivity contribution in [2.24, 2.45) is 0 Å². The number of carbonyl (C=O) groups is 1. The molecule has 23 heavy (non-hydrogen) atoms. The van der Waals surface area contributed by atoms with Gasteiger partial charge in [-0.2, -0.15) is 4.37 Å². The maximum absolute atomic E-state index is 11.9. The Morgan fingerprint density at radius 2 is 2.00 bits per heavy atom. The summed E-state index contributed by atoms with van der Waals surface area (Å²) in [4.78, 5) is 16.1. The van der Waals surface area contributed by atoms with Crippen LogP contribution in [0.1, 0.15) is 16.9 Å². The molecule has 2 heterocycles. The smallest absolute Gasteiger partial charge is 0.269 e. The van der Waals surface area contributed by atoms with Crippen molar-refractivity contribution in [1.82, 2.24) is 14.7 Å². The minimum atomic E-state index is -0.162. The molecule has 0 bridgehead atoms. The van der Waals surface area contributed by atoms with Gasteiger partial charge in [0.05, 0.1) is 4.70 Å². The molecule has 0 radical (unpaired) electrons. The highest BCUT2D eigenvalue weighted by Gasteiger charge is 2.07. The fourth-order valence-corrected chi connectivity index (χ4v) is 3.23. The molecule has 0 unspecified atom stereocenters. The summed E-state index contributed by atoms with van der Waals surface area (Å²) in [5.74, 6) is 0.746. The van der Waals surface area contributed by atoms with E-state index in [1.807, 2.05) is 12.1 Å². The average molecular weight is 391 g/mol. The Bertz CT molecular complexity index is 820. The second kappa shape index (κ2) is 7.52. The van der Waals surface area contributed by atoms with Gasteiger partial charge in [0.15, 0.2) is 0 Å². The molecule has 3 aromatic rings. The SMILES string of the molecule is O=C(NCCCNc1nsc2ccccc12)c1cccc(Br)n1. The first-order chi connectivity index (χ1) is 11.2. The fourth-order valence-electron chi connectivity index (χ4n) is 2.14. The molecule has 3 rings (SSSR count). The highest BCUT2D eigenvalue weighted by Crippen LogP contribution is 2.25. The first-order valence-corrected chi connectivity index (χ1v) is 8.80.